The maximum Gasteiger partial charge on any atom is 0.245 e. The zero-order valence-corrected chi connectivity index (χ0v) is 12.9. The summed E-state index contributed by atoms with van der Waals surface area (Å²) in [5.41, 5.74) is 2.15. The maximum atomic E-state index is 12.7. The number of anilines is 1. The van der Waals surface area contributed by atoms with Gasteiger partial charge in [0.1, 0.15) is 6.04 Å². The van der Waals surface area contributed by atoms with Crippen LogP contribution in [0.2, 0.25) is 0 Å². The van der Waals surface area contributed by atoms with Crippen LogP contribution in [0, 0.1) is 0 Å². The van der Waals surface area contributed by atoms with Crippen LogP contribution in [0.25, 0.3) is 0 Å². The van der Waals surface area contributed by atoms with Crippen LogP contribution < -0.4 is 5.32 Å². The van der Waals surface area contributed by atoms with Gasteiger partial charge in [-0.1, -0.05) is 18.2 Å². The Kier molecular flexibility index (Phi) is 3.65. The summed E-state index contributed by atoms with van der Waals surface area (Å²) in [5.74, 6) is 0.308. The second kappa shape index (κ2) is 5.33. The molecule has 2 heterocycles. The molecule has 21 heavy (non-hydrogen) atoms. The summed E-state index contributed by atoms with van der Waals surface area (Å²) in [5, 5.41) is 3.25. The molecule has 0 aliphatic carbocycles. The lowest BCUT2D eigenvalue weighted by molar-refractivity contribution is -0.133. The van der Waals surface area contributed by atoms with Crippen LogP contribution in [-0.2, 0) is 21.1 Å². The van der Waals surface area contributed by atoms with Gasteiger partial charge in [0.05, 0.1) is 11.5 Å². The van der Waals surface area contributed by atoms with Crippen molar-refractivity contribution < 1.29 is 13.2 Å². The van der Waals surface area contributed by atoms with Crippen LogP contribution in [-0.4, -0.2) is 49.4 Å². The molecule has 2 unspecified atom stereocenters. The van der Waals surface area contributed by atoms with E-state index in [9.17, 15) is 13.2 Å². The Morgan fingerprint density at radius 3 is 2.76 bits per heavy atom. The first-order valence-electron chi connectivity index (χ1n) is 7.35. The van der Waals surface area contributed by atoms with Crippen LogP contribution >= 0.6 is 0 Å². The zero-order chi connectivity index (χ0) is 15.0. The van der Waals surface area contributed by atoms with Crippen molar-refractivity contribution in [2.24, 2.45) is 0 Å². The van der Waals surface area contributed by atoms with Crippen molar-refractivity contribution in [1.82, 2.24) is 4.90 Å². The monoisotopic (exact) mass is 308 g/mol. The standard InChI is InChI=1S/C15H20N2O3S/c1-2-17(12-7-8-21(19,20)10-12)15(18)14-9-11-5-3-4-6-13(11)16-14/h3-6,12,14,16H,2,7-10H2,1H3. The molecule has 1 aromatic rings. The van der Waals surface area contributed by atoms with Gasteiger partial charge in [-0.25, -0.2) is 8.42 Å². The number of sulfone groups is 1. The molecule has 0 spiro atoms. The highest BCUT2D eigenvalue weighted by atomic mass is 32.2. The van der Waals surface area contributed by atoms with Crippen molar-refractivity contribution in [3.63, 3.8) is 0 Å². The molecule has 5 nitrogen and oxygen atoms in total. The molecule has 0 aromatic heterocycles. The van der Waals surface area contributed by atoms with Crippen molar-refractivity contribution in [2.45, 2.75) is 31.8 Å². The Morgan fingerprint density at radius 2 is 2.14 bits per heavy atom. The third-order valence-corrected chi connectivity index (χ3v) is 6.09. The molecule has 1 N–H and O–H groups in total. The largest absolute Gasteiger partial charge is 0.373 e. The minimum absolute atomic E-state index is 0.0100. The number of nitrogens with one attached hydrogen (secondary N) is 1. The van der Waals surface area contributed by atoms with Crippen LogP contribution in [0.3, 0.4) is 0 Å². The summed E-state index contributed by atoms with van der Waals surface area (Å²) >= 11 is 0. The van der Waals surface area contributed by atoms with Gasteiger partial charge in [0, 0.05) is 24.7 Å². The molecule has 1 amide bonds. The highest BCUT2D eigenvalue weighted by Crippen LogP contribution is 2.27. The van der Waals surface area contributed by atoms with Crippen molar-refractivity contribution in [1.29, 1.82) is 0 Å². The van der Waals surface area contributed by atoms with Crippen LogP contribution in [0.15, 0.2) is 24.3 Å². The second-order valence-corrected chi connectivity index (χ2v) is 7.97. The van der Waals surface area contributed by atoms with E-state index in [1.807, 2.05) is 31.2 Å². The zero-order valence-electron chi connectivity index (χ0n) is 12.1. The predicted octanol–water partition coefficient (Wildman–Crippen LogP) is 1.06. The maximum absolute atomic E-state index is 12.7. The first-order chi connectivity index (χ1) is 10.00. The van der Waals surface area contributed by atoms with Gasteiger partial charge in [-0.05, 0) is 25.0 Å². The minimum Gasteiger partial charge on any atom is -0.373 e. The molecule has 0 saturated carbocycles. The van der Waals surface area contributed by atoms with Crippen molar-refractivity contribution >= 4 is 21.4 Å². The number of amides is 1. The minimum atomic E-state index is -2.98. The molecular formula is C15H20N2O3S. The van der Waals surface area contributed by atoms with Gasteiger partial charge in [0.25, 0.3) is 0 Å². The van der Waals surface area contributed by atoms with E-state index in [2.05, 4.69) is 5.32 Å². The lowest BCUT2D eigenvalue weighted by Crippen LogP contribution is -2.48. The lowest BCUT2D eigenvalue weighted by Gasteiger charge is -2.29. The normalized spacial score (nSPS) is 26.1. The number of carbonyl (C=O) groups excluding carboxylic acids is 1. The summed E-state index contributed by atoms with van der Waals surface area (Å²) in [4.78, 5) is 14.4. The lowest BCUT2D eigenvalue weighted by atomic mass is 10.1. The van der Waals surface area contributed by atoms with E-state index in [1.165, 1.54) is 0 Å². The van der Waals surface area contributed by atoms with E-state index in [1.54, 1.807) is 4.90 Å². The van der Waals surface area contributed by atoms with Crippen molar-refractivity contribution in [3.8, 4) is 0 Å². The predicted molar refractivity (Wildman–Crippen MR) is 82.0 cm³/mol. The molecule has 0 radical (unpaired) electrons. The average molecular weight is 308 g/mol. The highest BCUT2D eigenvalue weighted by Gasteiger charge is 2.37. The molecule has 2 aliphatic heterocycles. The molecule has 3 rings (SSSR count). The fourth-order valence-electron chi connectivity index (χ4n) is 3.26. The molecule has 6 heteroatoms. The Labute approximate surface area is 125 Å². The molecule has 114 valence electrons. The van der Waals surface area contributed by atoms with Gasteiger partial charge in [0.15, 0.2) is 9.84 Å². The number of benzene rings is 1. The van der Waals surface area contributed by atoms with E-state index in [0.717, 1.165) is 11.3 Å². The average Bonchev–Trinajstić information content (AvgIpc) is 3.02. The van der Waals surface area contributed by atoms with Gasteiger partial charge >= 0.3 is 0 Å². The number of rotatable bonds is 3. The summed E-state index contributed by atoms with van der Waals surface area (Å²) in [6.45, 7) is 2.46. The Morgan fingerprint density at radius 1 is 1.38 bits per heavy atom. The van der Waals surface area contributed by atoms with Gasteiger partial charge in [-0.15, -0.1) is 0 Å². The van der Waals surface area contributed by atoms with Gasteiger partial charge in [-0.3, -0.25) is 4.79 Å². The topological polar surface area (TPSA) is 66.5 Å². The molecule has 1 aromatic carbocycles. The number of hydrogen-bond donors (Lipinski definition) is 1. The summed E-state index contributed by atoms with van der Waals surface area (Å²) in [6, 6.07) is 7.46. The fraction of sp³-hybridized carbons (Fsp3) is 0.533. The van der Waals surface area contributed by atoms with E-state index >= 15 is 0 Å². The fourth-order valence-corrected chi connectivity index (χ4v) is 4.99. The Balaban J connectivity index is 1.73. The number of hydrogen-bond acceptors (Lipinski definition) is 4. The van der Waals surface area contributed by atoms with Gasteiger partial charge in [-0.2, -0.15) is 0 Å². The van der Waals surface area contributed by atoms with Crippen LogP contribution in [0.4, 0.5) is 5.69 Å². The number of para-hydroxylation sites is 1. The second-order valence-electron chi connectivity index (χ2n) is 5.74. The third kappa shape index (κ3) is 2.77. The smallest absolute Gasteiger partial charge is 0.245 e. The molecule has 2 aliphatic rings. The Bertz CT molecular complexity index is 632. The van der Waals surface area contributed by atoms with Crippen LogP contribution in [0.5, 0.6) is 0 Å². The first kappa shape index (κ1) is 14.4. The first-order valence-corrected chi connectivity index (χ1v) is 9.17. The molecule has 1 fully saturated rings. The van der Waals surface area contributed by atoms with Crippen molar-refractivity contribution in [2.75, 3.05) is 23.4 Å². The molecule has 1 saturated heterocycles. The van der Waals surface area contributed by atoms with E-state index in [4.69, 9.17) is 0 Å². The highest BCUT2D eigenvalue weighted by molar-refractivity contribution is 7.91. The molecular weight excluding hydrogens is 288 g/mol. The summed E-state index contributed by atoms with van der Waals surface area (Å²) < 4.78 is 23.3. The summed E-state index contributed by atoms with van der Waals surface area (Å²) in [6.07, 6.45) is 1.23. The van der Waals surface area contributed by atoms with E-state index in [-0.39, 0.29) is 29.5 Å². The number of nitrogens with zero attached hydrogens (tertiary/aromatic N) is 1. The van der Waals surface area contributed by atoms with E-state index < -0.39 is 9.84 Å². The number of carbonyl (C=O) groups is 1. The summed E-state index contributed by atoms with van der Waals surface area (Å²) in [7, 11) is -2.98. The third-order valence-electron chi connectivity index (χ3n) is 4.34. The van der Waals surface area contributed by atoms with E-state index in [0.29, 0.717) is 19.4 Å². The Hall–Kier alpha value is -1.56. The number of likely N-dealkylation sites (N-methyl/N-ethyl adjacent to an activating group) is 1. The van der Waals surface area contributed by atoms with Crippen LogP contribution in [0.1, 0.15) is 18.9 Å². The van der Waals surface area contributed by atoms with Gasteiger partial charge < -0.3 is 10.2 Å². The molecule has 2 atom stereocenters. The molecule has 0 bridgehead atoms. The SMILES string of the molecule is CCN(C(=O)C1Cc2ccccc2N1)C1CCS(=O)(=O)C1. The quantitative estimate of drug-likeness (QED) is 0.907. The number of fused-ring (bicyclic) bond motifs is 1. The van der Waals surface area contributed by atoms with Crippen molar-refractivity contribution in [3.05, 3.63) is 29.8 Å². The van der Waals surface area contributed by atoms with Gasteiger partial charge in [0.2, 0.25) is 5.91 Å².